The summed E-state index contributed by atoms with van der Waals surface area (Å²) in [6, 6.07) is 12.8. The van der Waals surface area contributed by atoms with Gasteiger partial charge in [-0.15, -0.1) is 0 Å². The number of benzene rings is 2. The predicted octanol–water partition coefficient (Wildman–Crippen LogP) is 8.84. The first-order valence-corrected chi connectivity index (χ1v) is 12.9. The molecule has 2 aromatic carbocycles. The van der Waals surface area contributed by atoms with Gasteiger partial charge in [0.1, 0.15) is 5.75 Å². The quantitative estimate of drug-likeness (QED) is 0.403. The van der Waals surface area contributed by atoms with Crippen molar-refractivity contribution in [3.8, 4) is 5.75 Å². The molecule has 33 heavy (non-hydrogen) atoms. The van der Waals surface area contributed by atoms with E-state index in [2.05, 4.69) is 77.6 Å². The molecule has 0 heterocycles. The van der Waals surface area contributed by atoms with Crippen molar-refractivity contribution in [2.24, 2.45) is 29.6 Å². The Morgan fingerprint density at radius 2 is 1.70 bits per heavy atom. The van der Waals surface area contributed by atoms with Crippen LogP contribution in [0.2, 0.25) is 0 Å². The number of aromatic hydroxyl groups is 1. The fourth-order valence-corrected chi connectivity index (χ4v) is 5.81. The first kappa shape index (κ1) is 25.3. The van der Waals surface area contributed by atoms with Crippen molar-refractivity contribution >= 4 is 6.08 Å². The van der Waals surface area contributed by atoms with Gasteiger partial charge in [-0.2, -0.15) is 0 Å². The van der Waals surface area contributed by atoms with Gasteiger partial charge in [0.25, 0.3) is 0 Å². The molecule has 5 atom stereocenters. The van der Waals surface area contributed by atoms with Crippen molar-refractivity contribution in [2.75, 3.05) is 0 Å². The number of phenols is 1. The van der Waals surface area contributed by atoms with Crippen molar-refractivity contribution in [1.82, 2.24) is 0 Å². The lowest BCUT2D eigenvalue weighted by Crippen LogP contribution is -2.36. The van der Waals surface area contributed by atoms with Crippen LogP contribution in [0.4, 0.5) is 0 Å². The van der Waals surface area contributed by atoms with E-state index in [1.807, 2.05) is 19.1 Å². The Morgan fingerprint density at radius 1 is 0.970 bits per heavy atom. The van der Waals surface area contributed by atoms with Gasteiger partial charge in [0.15, 0.2) is 0 Å². The van der Waals surface area contributed by atoms with Gasteiger partial charge in [0.05, 0.1) is 0 Å². The number of hydrogen-bond donors (Lipinski definition) is 1. The summed E-state index contributed by atoms with van der Waals surface area (Å²) < 4.78 is 0. The minimum atomic E-state index is 0.356. The monoisotopic (exact) mass is 444 g/mol. The Labute approximate surface area is 202 Å². The van der Waals surface area contributed by atoms with Crippen LogP contribution in [0.1, 0.15) is 74.3 Å². The average molecular weight is 445 g/mol. The van der Waals surface area contributed by atoms with E-state index in [4.69, 9.17) is 0 Å². The van der Waals surface area contributed by atoms with E-state index in [1.165, 1.54) is 47.9 Å². The number of allylic oxidation sites excluding steroid dienone is 2. The molecule has 1 aliphatic carbocycles. The van der Waals surface area contributed by atoms with Crippen molar-refractivity contribution in [1.29, 1.82) is 0 Å². The molecule has 0 spiro atoms. The van der Waals surface area contributed by atoms with Gasteiger partial charge in [-0.25, -0.2) is 0 Å². The summed E-state index contributed by atoms with van der Waals surface area (Å²) >= 11 is 0. The molecule has 0 radical (unpaired) electrons. The Balaban J connectivity index is 1.52. The molecule has 1 fully saturated rings. The summed E-state index contributed by atoms with van der Waals surface area (Å²) in [5.74, 6) is 4.09. The molecule has 1 saturated carbocycles. The highest BCUT2D eigenvalue weighted by Gasteiger charge is 2.37. The van der Waals surface area contributed by atoms with Crippen LogP contribution in [0.25, 0.3) is 6.08 Å². The van der Waals surface area contributed by atoms with Crippen LogP contribution in [0, 0.1) is 50.4 Å². The van der Waals surface area contributed by atoms with Crippen LogP contribution in [0.15, 0.2) is 54.6 Å². The Kier molecular flexibility index (Phi) is 8.63. The molecule has 1 nitrogen and oxygen atoms in total. The second-order valence-corrected chi connectivity index (χ2v) is 10.9. The predicted molar refractivity (Wildman–Crippen MR) is 144 cm³/mol. The van der Waals surface area contributed by atoms with Crippen molar-refractivity contribution in [3.05, 3.63) is 82.4 Å². The van der Waals surface area contributed by atoms with Crippen molar-refractivity contribution in [2.45, 2.75) is 73.6 Å². The van der Waals surface area contributed by atoms with E-state index in [9.17, 15) is 5.11 Å². The molecule has 3 rings (SSSR count). The maximum absolute atomic E-state index is 9.94. The molecule has 0 amide bonds. The van der Waals surface area contributed by atoms with Gasteiger partial charge < -0.3 is 5.11 Å². The highest BCUT2D eigenvalue weighted by Crippen LogP contribution is 2.46. The van der Waals surface area contributed by atoms with Gasteiger partial charge in [-0.1, -0.05) is 75.4 Å². The Morgan fingerprint density at radius 3 is 2.39 bits per heavy atom. The number of phenolic OH excluding ortho intramolecular Hbond substituents is 1. The normalized spacial score (nSPS) is 25.5. The summed E-state index contributed by atoms with van der Waals surface area (Å²) in [6.07, 6.45) is 10.5. The van der Waals surface area contributed by atoms with Crippen molar-refractivity contribution < 1.29 is 5.11 Å². The lowest BCUT2D eigenvalue weighted by molar-refractivity contribution is 0.0599. The smallest absolute Gasteiger partial charge is 0.119 e. The van der Waals surface area contributed by atoms with Crippen LogP contribution in [-0.4, -0.2) is 5.11 Å². The van der Waals surface area contributed by atoms with Crippen LogP contribution in [0.3, 0.4) is 0 Å². The Hall–Kier alpha value is -2.28. The standard InChI is InChI=1S/C32H44O/c1-21(11-14-29-16-13-23(3)32(33)20-29)17-31-25(5)19-30(26(6)27(31)7)10-8-9-28-15-12-22(2)24(4)18-28/h11-16,18,20,25-27,30-31,33H,1,8-10,17,19H2,2-7H3/b14-11+/t25?,26-,27?,30?,31-/m1/s1. The van der Waals surface area contributed by atoms with Gasteiger partial charge in [0.2, 0.25) is 0 Å². The highest BCUT2D eigenvalue weighted by atomic mass is 16.3. The zero-order valence-electron chi connectivity index (χ0n) is 21.7. The molecule has 3 unspecified atom stereocenters. The maximum atomic E-state index is 9.94. The van der Waals surface area contributed by atoms with Gasteiger partial charge in [-0.3, -0.25) is 0 Å². The van der Waals surface area contributed by atoms with Crippen LogP contribution in [0.5, 0.6) is 5.75 Å². The molecule has 0 aromatic heterocycles. The first-order valence-electron chi connectivity index (χ1n) is 12.9. The number of hydrogen-bond acceptors (Lipinski definition) is 1. The van der Waals surface area contributed by atoms with E-state index in [1.54, 1.807) is 0 Å². The third-order valence-electron chi connectivity index (χ3n) is 8.51. The van der Waals surface area contributed by atoms with Gasteiger partial charge in [-0.05, 0) is 116 Å². The minimum absolute atomic E-state index is 0.356. The zero-order valence-corrected chi connectivity index (χ0v) is 21.7. The van der Waals surface area contributed by atoms with E-state index in [0.717, 1.165) is 35.3 Å². The van der Waals surface area contributed by atoms with E-state index in [-0.39, 0.29) is 0 Å². The molecule has 1 aliphatic rings. The summed E-state index contributed by atoms with van der Waals surface area (Å²) in [5.41, 5.74) is 7.43. The van der Waals surface area contributed by atoms with Gasteiger partial charge >= 0.3 is 0 Å². The molecule has 1 heteroatoms. The van der Waals surface area contributed by atoms with E-state index >= 15 is 0 Å². The fraction of sp³-hybridized carbons (Fsp3) is 0.500. The second-order valence-electron chi connectivity index (χ2n) is 10.9. The molecular formula is C32H44O. The van der Waals surface area contributed by atoms with Gasteiger partial charge in [0, 0.05) is 0 Å². The summed E-state index contributed by atoms with van der Waals surface area (Å²) in [5, 5.41) is 9.94. The first-order chi connectivity index (χ1) is 15.7. The molecule has 178 valence electrons. The zero-order chi connectivity index (χ0) is 24.1. The van der Waals surface area contributed by atoms with E-state index in [0.29, 0.717) is 17.6 Å². The molecule has 0 aliphatic heterocycles. The topological polar surface area (TPSA) is 20.2 Å². The minimum Gasteiger partial charge on any atom is -0.508 e. The summed E-state index contributed by atoms with van der Waals surface area (Å²) in [4.78, 5) is 0. The fourth-order valence-electron chi connectivity index (χ4n) is 5.81. The molecule has 0 bridgehead atoms. The number of aryl methyl sites for hydroxylation is 4. The molecule has 0 saturated heterocycles. The molecule has 2 aromatic rings. The maximum Gasteiger partial charge on any atom is 0.119 e. The third kappa shape index (κ3) is 6.62. The van der Waals surface area contributed by atoms with Crippen LogP contribution in [-0.2, 0) is 6.42 Å². The molecular weight excluding hydrogens is 400 g/mol. The van der Waals surface area contributed by atoms with Crippen molar-refractivity contribution in [3.63, 3.8) is 0 Å². The SMILES string of the molecule is C=C(/C=C/c1ccc(C)c(O)c1)C[C@@H]1C(C)CC(CCCc2ccc(C)c(C)c2)[C@H](C)C1C. The Bertz CT molecular complexity index is 982. The lowest BCUT2D eigenvalue weighted by atomic mass is 9.61. The number of rotatable bonds is 8. The van der Waals surface area contributed by atoms with Crippen LogP contribution >= 0.6 is 0 Å². The highest BCUT2D eigenvalue weighted by molar-refractivity contribution is 5.55. The van der Waals surface area contributed by atoms with E-state index < -0.39 is 0 Å². The average Bonchev–Trinajstić information content (AvgIpc) is 2.78. The third-order valence-corrected chi connectivity index (χ3v) is 8.51. The second kappa shape index (κ2) is 11.2. The summed E-state index contributed by atoms with van der Waals surface area (Å²) in [6.45, 7) is 18.1. The largest absolute Gasteiger partial charge is 0.508 e. The summed E-state index contributed by atoms with van der Waals surface area (Å²) in [7, 11) is 0. The van der Waals surface area contributed by atoms with Crippen LogP contribution < -0.4 is 0 Å². The lowest BCUT2D eigenvalue weighted by Gasteiger charge is -2.44. The molecule has 1 N–H and O–H groups in total.